The summed E-state index contributed by atoms with van der Waals surface area (Å²) in [4.78, 5) is 26.0. The number of carbonyl (C=O) groups is 2. The molecule has 1 aromatic heterocycles. The molecule has 4 nitrogen and oxygen atoms in total. The SMILES string of the molecule is CCC(C)N(CC(C)C(=O)O)C(=O)Cc1cccs1. The summed E-state index contributed by atoms with van der Waals surface area (Å²) in [6.45, 7) is 5.87. The second-order valence-electron chi connectivity index (χ2n) is 4.80. The van der Waals surface area contributed by atoms with Crippen LogP contribution in [0.15, 0.2) is 17.5 Å². The molecule has 19 heavy (non-hydrogen) atoms. The average Bonchev–Trinajstić information content (AvgIpc) is 2.87. The molecule has 0 saturated heterocycles. The number of carboxylic acids is 1. The fourth-order valence-electron chi connectivity index (χ4n) is 1.78. The zero-order chi connectivity index (χ0) is 14.4. The first kappa shape index (κ1) is 15.7. The van der Waals surface area contributed by atoms with Crippen molar-refractivity contribution in [2.24, 2.45) is 5.92 Å². The van der Waals surface area contributed by atoms with Crippen LogP contribution in [0.1, 0.15) is 32.1 Å². The van der Waals surface area contributed by atoms with Crippen molar-refractivity contribution < 1.29 is 14.7 Å². The van der Waals surface area contributed by atoms with Gasteiger partial charge in [-0.1, -0.05) is 19.9 Å². The van der Waals surface area contributed by atoms with Gasteiger partial charge in [-0.15, -0.1) is 11.3 Å². The van der Waals surface area contributed by atoms with Gasteiger partial charge in [-0.25, -0.2) is 0 Å². The third kappa shape index (κ3) is 4.67. The number of aliphatic carboxylic acids is 1. The zero-order valence-corrected chi connectivity index (χ0v) is 12.4. The first-order valence-electron chi connectivity index (χ1n) is 6.50. The van der Waals surface area contributed by atoms with Gasteiger partial charge in [-0.05, 0) is 24.8 Å². The molecular formula is C14H21NO3S. The molecular weight excluding hydrogens is 262 g/mol. The molecule has 0 aliphatic carbocycles. The lowest BCUT2D eigenvalue weighted by Crippen LogP contribution is -2.43. The van der Waals surface area contributed by atoms with Gasteiger partial charge in [0.05, 0.1) is 12.3 Å². The minimum absolute atomic E-state index is 0.00454. The summed E-state index contributed by atoms with van der Waals surface area (Å²) in [5, 5.41) is 10.9. The number of hydrogen-bond donors (Lipinski definition) is 1. The van der Waals surface area contributed by atoms with Crippen molar-refractivity contribution >= 4 is 23.2 Å². The van der Waals surface area contributed by atoms with Gasteiger partial charge in [0.2, 0.25) is 5.91 Å². The van der Waals surface area contributed by atoms with E-state index in [-0.39, 0.29) is 18.5 Å². The molecule has 1 amide bonds. The second kappa shape index (κ2) is 7.28. The van der Waals surface area contributed by atoms with Crippen LogP contribution in [0.25, 0.3) is 0 Å². The third-order valence-electron chi connectivity index (χ3n) is 3.24. The van der Waals surface area contributed by atoms with Crippen LogP contribution >= 0.6 is 11.3 Å². The molecule has 106 valence electrons. The molecule has 1 heterocycles. The summed E-state index contributed by atoms with van der Waals surface area (Å²) >= 11 is 1.55. The molecule has 1 aromatic rings. The largest absolute Gasteiger partial charge is 0.481 e. The van der Waals surface area contributed by atoms with Gasteiger partial charge in [0, 0.05) is 17.5 Å². The summed E-state index contributed by atoms with van der Waals surface area (Å²) in [6.07, 6.45) is 1.18. The Balaban J connectivity index is 2.72. The van der Waals surface area contributed by atoms with E-state index in [0.717, 1.165) is 11.3 Å². The molecule has 1 N–H and O–H groups in total. The van der Waals surface area contributed by atoms with Crippen LogP contribution in [0, 0.1) is 5.92 Å². The minimum atomic E-state index is -0.864. The van der Waals surface area contributed by atoms with Gasteiger partial charge in [-0.2, -0.15) is 0 Å². The number of thiophene rings is 1. The van der Waals surface area contributed by atoms with Gasteiger partial charge in [-0.3, -0.25) is 9.59 Å². The van der Waals surface area contributed by atoms with Crippen LogP contribution in [-0.4, -0.2) is 34.5 Å². The number of hydrogen-bond acceptors (Lipinski definition) is 3. The summed E-state index contributed by atoms with van der Waals surface area (Å²) in [7, 11) is 0. The first-order chi connectivity index (χ1) is 8.95. The van der Waals surface area contributed by atoms with E-state index in [9.17, 15) is 9.59 Å². The van der Waals surface area contributed by atoms with Crippen molar-refractivity contribution in [2.45, 2.75) is 39.7 Å². The Kier molecular flexibility index (Phi) is 6.02. The molecule has 2 atom stereocenters. The van der Waals surface area contributed by atoms with Crippen LogP contribution in [-0.2, 0) is 16.0 Å². The van der Waals surface area contributed by atoms with E-state index in [0.29, 0.717) is 6.42 Å². The Labute approximate surface area is 118 Å². The second-order valence-corrected chi connectivity index (χ2v) is 5.83. The molecule has 5 heteroatoms. The average molecular weight is 283 g/mol. The maximum atomic E-state index is 12.3. The van der Waals surface area contributed by atoms with E-state index < -0.39 is 11.9 Å². The topological polar surface area (TPSA) is 57.6 Å². The Morgan fingerprint density at radius 3 is 2.58 bits per heavy atom. The maximum absolute atomic E-state index is 12.3. The van der Waals surface area contributed by atoms with Crippen LogP contribution in [0.2, 0.25) is 0 Å². The van der Waals surface area contributed by atoms with Crippen molar-refractivity contribution in [3.05, 3.63) is 22.4 Å². The molecule has 0 fully saturated rings. The highest BCUT2D eigenvalue weighted by Crippen LogP contribution is 2.14. The van der Waals surface area contributed by atoms with Gasteiger partial charge in [0.25, 0.3) is 0 Å². The zero-order valence-electron chi connectivity index (χ0n) is 11.6. The van der Waals surface area contributed by atoms with E-state index in [4.69, 9.17) is 5.11 Å². The smallest absolute Gasteiger partial charge is 0.308 e. The quantitative estimate of drug-likeness (QED) is 0.837. The van der Waals surface area contributed by atoms with E-state index in [2.05, 4.69) is 0 Å². The number of nitrogens with zero attached hydrogens (tertiary/aromatic N) is 1. The fraction of sp³-hybridized carbons (Fsp3) is 0.571. The molecule has 0 aromatic carbocycles. The molecule has 0 bridgehead atoms. The van der Waals surface area contributed by atoms with Gasteiger partial charge in [0.15, 0.2) is 0 Å². The molecule has 0 aliphatic rings. The highest BCUT2D eigenvalue weighted by molar-refractivity contribution is 7.10. The van der Waals surface area contributed by atoms with Crippen molar-refractivity contribution in [1.82, 2.24) is 4.90 Å². The van der Waals surface area contributed by atoms with Crippen molar-refractivity contribution in [1.29, 1.82) is 0 Å². The highest BCUT2D eigenvalue weighted by atomic mass is 32.1. The Morgan fingerprint density at radius 1 is 1.42 bits per heavy atom. The predicted molar refractivity (Wildman–Crippen MR) is 76.3 cm³/mol. The molecule has 0 spiro atoms. The summed E-state index contributed by atoms with van der Waals surface area (Å²) in [6, 6.07) is 3.91. The van der Waals surface area contributed by atoms with Crippen molar-refractivity contribution in [3.63, 3.8) is 0 Å². The minimum Gasteiger partial charge on any atom is -0.481 e. The molecule has 0 aliphatic heterocycles. The lowest BCUT2D eigenvalue weighted by atomic mass is 10.1. The van der Waals surface area contributed by atoms with E-state index in [1.807, 2.05) is 31.4 Å². The molecule has 1 rings (SSSR count). The lowest BCUT2D eigenvalue weighted by Gasteiger charge is -2.30. The Morgan fingerprint density at radius 2 is 2.11 bits per heavy atom. The molecule has 0 radical (unpaired) electrons. The summed E-state index contributed by atoms with van der Waals surface area (Å²) < 4.78 is 0. The van der Waals surface area contributed by atoms with Gasteiger partial charge < -0.3 is 10.0 Å². The third-order valence-corrected chi connectivity index (χ3v) is 4.12. The Hall–Kier alpha value is -1.36. The fourth-order valence-corrected chi connectivity index (χ4v) is 2.48. The van der Waals surface area contributed by atoms with Gasteiger partial charge >= 0.3 is 5.97 Å². The monoisotopic (exact) mass is 283 g/mol. The van der Waals surface area contributed by atoms with Crippen molar-refractivity contribution in [3.8, 4) is 0 Å². The lowest BCUT2D eigenvalue weighted by molar-refractivity contribution is -0.143. The van der Waals surface area contributed by atoms with Gasteiger partial charge in [0.1, 0.15) is 0 Å². The first-order valence-corrected chi connectivity index (χ1v) is 7.38. The number of carbonyl (C=O) groups excluding carboxylic acids is 1. The predicted octanol–water partition coefficient (Wildman–Crippen LogP) is 2.64. The van der Waals surface area contributed by atoms with E-state index in [1.54, 1.807) is 23.2 Å². The Bertz CT molecular complexity index is 416. The summed E-state index contributed by atoms with van der Waals surface area (Å²) in [5.41, 5.74) is 0. The van der Waals surface area contributed by atoms with Crippen LogP contribution < -0.4 is 0 Å². The maximum Gasteiger partial charge on any atom is 0.308 e. The normalized spacial score (nSPS) is 13.8. The highest BCUT2D eigenvalue weighted by Gasteiger charge is 2.24. The number of rotatable bonds is 7. The van der Waals surface area contributed by atoms with Crippen LogP contribution in [0.4, 0.5) is 0 Å². The standard InChI is InChI=1S/C14H21NO3S/c1-4-11(3)15(9-10(2)14(17)18)13(16)8-12-6-5-7-19-12/h5-7,10-11H,4,8-9H2,1-3H3,(H,17,18). The number of carboxylic acid groups (broad SMARTS) is 1. The summed E-state index contributed by atoms with van der Waals surface area (Å²) in [5.74, 6) is -1.40. The molecule has 0 saturated carbocycles. The van der Waals surface area contributed by atoms with E-state index in [1.165, 1.54) is 0 Å². The van der Waals surface area contributed by atoms with Crippen LogP contribution in [0.3, 0.4) is 0 Å². The number of amides is 1. The van der Waals surface area contributed by atoms with E-state index >= 15 is 0 Å². The molecule has 2 unspecified atom stereocenters. The van der Waals surface area contributed by atoms with Crippen molar-refractivity contribution in [2.75, 3.05) is 6.54 Å². The van der Waals surface area contributed by atoms with Crippen LogP contribution in [0.5, 0.6) is 0 Å².